The van der Waals surface area contributed by atoms with Crippen LogP contribution in [0.1, 0.15) is 0 Å². The second kappa shape index (κ2) is 6.49. The third-order valence-corrected chi connectivity index (χ3v) is 3.99. The molecular formula is C15H18N2O3S. The van der Waals surface area contributed by atoms with E-state index in [2.05, 4.69) is 5.32 Å². The lowest BCUT2D eigenvalue weighted by Crippen LogP contribution is -2.11. The lowest BCUT2D eigenvalue weighted by Gasteiger charge is -2.09. The van der Waals surface area contributed by atoms with Crippen LogP contribution in [0.15, 0.2) is 53.4 Å². The fourth-order valence-corrected chi connectivity index (χ4v) is 2.38. The average molecular weight is 306 g/mol. The summed E-state index contributed by atoms with van der Waals surface area (Å²) in [5, 5.41) is 3.16. The van der Waals surface area contributed by atoms with E-state index >= 15 is 0 Å². The second-order valence-electron chi connectivity index (χ2n) is 4.64. The van der Waals surface area contributed by atoms with Gasteiger partial charge in [0, 0.05) is 24.2 Å². The minimum Gasteiger partial charge on any atom is -0.492 e. The second-order valence-corrected chi connectivity index (χ2v) is 6.66. The molecule has 112 valence electrons. The molecule has 0 saturated carbocycles. The Balaban J connectivity index is 1.80. The summed E-state index contributed by atoms with van der Waals surface area (Å²) in [7, 11) is -3.15. The topological polar surface area (TPSA) is 81.4 Å². The predicted octanol–water partition coefficient (Wildman–Crippen LogP) is 2.16. The van der Waals surface area contributed by atoms with E-state index in [1.165, 1.54) is 6.26 Å². The van der Waals surface area contributed by atoms with Gasteiger partial charge in [-0.2, -0.15) is 0 Å². The Kier molecular flexibility index (Phi) is 4.70. The smallest absolute Gasteiger partial charge is 0.175 e. The van der Waals surface area contributed by atoms with Crippen LogP contribution < -0.4 is 15.8 Å². The molecule has 0 saturated heterocycles. The molecule has 0 heterocycles. The highest BCUT2D eigenvalue weighted by atomic mass is 32.2. The van der Waals surface area contributed by atoms with E-state index in [9.17, 15) is 8.42 Å². The molecule has 0 aliphatic rings. The van der Waals surface area contributed by atoms with E-state index in [0.717, 1.165) is 11.4 Å². The Morgan fingerprint density at radius 3 is 2.24 bits per heavy atom. The maximum Gasteiger partial charge on any atom is 0.175 e. The van der Waals surface area contributed by atoms with Crippen molar-refractivity contribution < 1.29 is 13.2 Å². The first-order valence-corrected chi connectivity index (χ1v) is 8.36. The molecule has 0 bridgehead atoms. The first-order chi connectivity index (χ1) is 9.95. The van der Waals surface area contributed by atoms with Crippen LogP contribution in [0.4, 0.5) is 11.4 Å². The number of nitrogen functional groups attached to an aromatic ring is 1. The highest BCUT2D eigenvalue weighted by molar-refractivity contribution is 7.90. The van der Waals surface area contributed by atoms with Gasteiger partial charge in [0.1, 0.15) is 12.4 Å². The quantitative estimate of drug-likeness (QED) is 0.631. The Labute approximate surface area is 124 Å². The molecule has 5 nitrogen and oxygen atoms in total. The van der Waals surface area contributed by atoms with Crippen molar-refractivity contribution in [2.45, 2.75) is 4.90 Å². The van der Waals surface area contributed by atoms with Gasteiger partial charge in [-0.15, -0.1) is 0 Å². The number of hydrogen-bond donors (Lipinski definition) is 2. The number of benzene rings is 2. The molecule has 0 aliphatic carbocycles. The molecule has 0 spiro atoms. The van der Waals surface area contributed by atoms with Crippen LogP contribution in [-0.2, 0) is 9.84 Å². The molecule has 2 rings (SSSR count). The molecule has 3 N–H and O–H groups in total. The van der Waals surface area contributed by atoms with E-state index in [4.69, 9.17) is 10.5 Å². The molecule has 0 radical (unpaired) electrons. The van der Waals surface area contributed by atoms with Crippen molar-refractivity contribution in [1.29, 1.82) is 0 Å². The van der Waals surface area contributed by atoms with E-state index < -0.39 is 9.84 Å². The summed E-state index contributed by atoms with van der Waals surface area (Å²) < 4.78 is 28.2. The maximum atomic E-state index is 11.3. The number of rotatable bonds is 6. The zero-order valence-electron chi connectivity index (χ0n) is 11.7. The van der Waals surface area contributed by atoms with Gasteiger partial charge in [0.15, 0.2) is 9.84 Å². The zero-order chi connectivity index (χ0) is 15.3. The number of hydrogen-bond acceptors (Lipinski definition) is 5. The molecule has 0 unspecified atom stereocenters. The molecule has 0 fully saturated rings. The average Bonchev–Trinajstić information content (AvgIpc) is 2.45. The van der Waals surface area contributed by atoms with Gasteiger partial charge in [-0.1, -0.05) is 0 Å². The first-order valence-electron chi connectivity index (χ1n) is 6.47. The Morgan fingerprint density at radius 2 is 1.67 bits per heavy atom. The van der Waals surface area contributed by atoms with Gasteiger partial charge in [-0.3, -0.25) is 0 Å². The largest absolute Gasteiger partial charge is 0.492 e. The van der Waals surface area contributed by atoms with Crippen molar-refractivity contribution in [3.63, 3.8) is 0 Å². The van der Waals surface area contributed by atoms with Gasteiger partial charge >= 0.3 is 0 Å². The van der Waals surface area contributed by atoms with E-state index in [1.807, 2.05) is 12.1 Å². The normalized spacial score (nSPS) is 11.1. The van der Waals surface area contributed by atoms with Crippen LogP contribution in [0.3, 0.4) is 0 Å². The highest BCUT2D eigenvalue weighted by Crippen LogP contribution is 2.14. The van der Waals surface area contributed by atoms with Gasteiger partial charge in [0.2, 0.25) is 0 Å². The van der Waals surface area contributed by atoms with Gasteiger partial charge in [0.25, 0.3) is 0 Å². The molecule has 2 aromatic carbocycles. The van der Waals surface area contributed by atoms with E-state index in [0.29, 0.717) is 23.7 Å². The summed E-state index contributed by atoms with van der Waals surface area (Å²) >= 11 is 0. The van der Waals surface area contributed by atoms with E-state index in [-0.39, 0.29) is 0 Å². The predicted molar refractivity (Wildman–Crippen MR) is 84.4 cm³/mol. The van der Waals surface area contributed by atoms with Gasteiger partial charge in [-0.05, 0) is 48.5 Å². The third-order valence-electron chi connectivity index (χ3n) is 2.86. The van der Waals surface area contributed by atoms with Crippen LogP contribution in [0.2, 0.25) is 0 Å². The summed E-state index contributed by atoms with van der Waals surface area (Å²) in [5.74, 6) is 0.762. The Bertz CT molecular complexity index is 680. The van der Waals surface area contributed by atoms with Gasteiger partial charge in [0.05, 0.1) is 4.90 Å². The van der Waals surface area contributed by atoms with Crippen LogP contribution in [0.5, 0.6) is 5.75 Å². The fourth-order valence-electron chi connectivity index (χ4n) is 1.75. The third kappa shape index (κ3) is 4.68. The zero-order valence-corrected chi connectivity index (χ0v) is 12.6. The summed E-state index contributed by atoms with van der Waals surface area (Å²) in [6.45, 7) is 1.11. The monoisotopic (exact) mass is 306 g/mol. The van der Waals surface area contributed by atoms with Gasteiger partial charge < -0.3 is 15.8 Å². The van der Waals surface area contributed by atoms with Crippen molar-refractivity contribution in [1.82, 2.24) is 0 Å². The molecule has 21 heavy (non-hydrogen) atoms. The van der Waals surface area contributed by atoms with Crippen LogP contribution in [-0.4, -0.2) is 27.8 Å². The molecule has 2 aromatic rings. The van der Waals surface area contributed by atoms with Gasteiger partial charge in [-0.25, -0.2) is 8.42 Å². The molecule has 0 aliphatic heterocycles. The number of sulfone groups is 1. The number of nitrogens with two attached hydrogens (primary N) is 1. The molecule has 6 heteroatoms. The number of nitrogens with one attached hydrogen (secondary N) is 1. The summed E-state index contributed by atoms with van der Waals surface area (Å²) in [5.41, 5.74) is 7.14. The van der Waals surface area contributed by atoms with Crippen molar-refractivity contribution in [2.24, 2.45) is 0 Å². The van der Waals surface area contributed by atoms with Crippen LogP contribution in [0.25, 0.3) is 0 Å². The molecule has 0 amide bonds. The summed E-state index contributed by atoms with van der Waals surface area (Å²) in [4.78, 5) is 0.311. The SMILES string of the molecule is CS(=O)(=O)c1ccc(NCCOc2ccc(N)cc2)cc1. The lowest BCUT2D eigenvalue weighted by atomic mass is 10.3. The molecular weight excluding hydrogens is 288 g/mol. The first kappa shape index (κ1) is 15.2. The summed E-state index contributed by atoms with van der Waals surface area (Å²) in [6, 6.07) is 13.8. The van der Waals surface area contributed by atoms with Crippen molar-refractivity contribution in [3.8, 4) is 5.75 Å². The van der Waals surface area contributed by atoms with E-state index in [1.54, 1.807) is 36.4 Å². The molecule has 0 aromatic heterocycles. The van der Waals surface area contributed by atoms with Crippen molar-refractivity contribution in [2.75, 3.05) is 30.5 Å². The minimum absolute atomic E-state index is 0.311. The van der Waals surface area contributed by atoms with Crippen LogP contribution >= 0.6 is 0 Å². The maximum absolute atomic E-state index is 11.3. The standard InChI is InChI=1S/C15H18N2O3S/c1-21(18,19)15-8-4-13(5-9-15)17-10-11-20-14-6-2-12(16)3-7-14/h2-9,17H,10-11,16H2,1H3. The number of anilines is 2. The summed E-state index contributed by atoms with van der Waals surface area (Å²) in [6.07, 6.45) is 1.19. The lowest BCUT2D eigenvalue weighted by molar-refractivity contribution is 0.333. The number of ether oxygens (including phenoxy) is 1. The molecule has 0 atom stereocenters. The Hall–Kier alpha value is -2.21. The Morgan fingerprint density at radius 1 is 1.05 bits per heavy atom. The minimum atomic E-state index is -3.15. The van der Waals surface area contributed by atoms with Crippen molar-refractivity contribution >= 4 is 21.2 Å². The fraction of sp³-hybridized carbons (Fsp3) is 0.200. The van der Waals surface area contributed by atoms with Crippen LogP contribution in [0, 0.1) is 0 Å². The highest BCUT2D eigenvalue weighted by Gasteiger charge is 2.05. The van der Waals surface area contributed by atoms with Crippen molar-refractivity contribution in [3.05, 3.63) is 48.5 Å².